The smallest absolute Gasteiger partial charge is 0.300 e. The van der Waals surface area contributed by atoms with Gasteiger partial charge in [-0.1, -0.05) is 0 Å². The minimum Gasteiger partial charge on any atom is -0.481 e. The van der Waals surface area contributed by atoms with Gasteiger partial charge in [0.25, 0.3) is 5.97 Å². The van der Waals surface area contributed by atoms with E-state index in [-0.39, 0.29) is 0 Å². The van der Waals surface area contributed by atoms with Crippen LogP contribution in [-0.2, 0) is 4.79 Å². The molecule has 2 aromatic carbocycles. The Balaban J connectivity index is 0.000000147. The third kappa shape index (κ3) is 11.2. The van der Waals surface area contributed by atoms with E-state index in [0.29, 0.717) is 23.3 Å². The summed E-state index contributed by atoms with van der Waals surface area (Å²) in [5, 5.41) is 17.7. The van der Waals surface area contributed by atoms with Crippen molar-refractivity contribution in [3.8, 4) is 0 Å². The zero-order valence-electron chi connectivity index (χ0n) is 27.3. The number of fused-ring (bicyclic) bond motifs is 2. The van der Waals surface area contributed by atoms with Crippen molar-refractivity contribution in [2.24, 2.45) is 0 Å². The van der Waals surface area contributed by atoms with Crippen molar-refractivity contribution >= 4 is 68.6 Å². The molecule has 49 heavy (non-hydrogen) atoms. The molecular weight excluding hydrogens is 644 g/mol. The quantitative estimate of drug-likeness (QED) is 0.0959. The van der Waals surface area contributed by atoms with Gasteiger partial charge in [0.2, 0.25) is 11.2 Å². The highest BCUT2D eigenvalue weighted by molar-refractivity contribution is 6.28. The Morgan fingerprint density at radius 3 is 1.80 bits per heavy atom. The number of nitrogens with zero attached hydrogens (tertiary/aromatic N) is 8. The van der Waals surface area contributed by atoms with Crippen molar-refractivity contribution in [2.75, 3.05) is 21.7 Å². The molecule has 6 N–H and O–H groups in total. The molecular formula is C34H37ClN12O2. The van der Waals surface area contributed by atoms with E-state index in [1.165, 1.54) is 25.7 Å². The summed E-state index contributed by atoms with van der Waals surface area (Å²) in [5.74, 6) is 1.52. The fraction of sp³-hybridized carbons (Fsp3) is 0.265. The SMILES string of the molecule is CC(=O)O.Cc1cnc(Cl)nc1NC1CC1.Cc1cnc(Nc2ccc3nccnc3c2)nc1NC1CC1.Nc1ccc2nccnc2c1. The number of nitrogen functional groups attached to an aromatic ring is 1. The standard InChI is InChI=1S/C16H16N6.C8H10ClN3.C8H7N3.C2H4O2/c1-10-9-19-16(22-15(10)20-11-2-3-11)21-12-4-5-13-14(8-12)18-7-6-17-13;1-5-4-10-8(9)12-7(5)11-6-2-3-6;9-6-1-2-7-8(5-6)11-4-3-10-7;1-2(3)4/h4-9,11H,2-3H2,1H3,(H2,19,20,21,22);4,6H,2-3H2,1H3,(H,10,11,12);1-5H,9H2;1H3,(H,3,4). The maximum atomic E-state index is 9.00. The molecule has 14 nitrogen and oxygen atoms in total. The predicted octanol–water partition coefficient (Wildman–Crippen LogP) is 6.36. The van der Waals surface area contributed by atoms with E-state index in [0.717, 1.165) is 63.1 Å². The zero-order valence-corrected chi connectivity index (χ0v) is 28.1. The van der Waals surface area contributed by atoms with E-state index in [4.69, 9.17) is 27.2 Å². The lowest BCUT2D eigenvalue weighted by atomic mass is 10.2. The summed E-state index contributed by atoms with van der Waals surface area (Å²) in [6, 6.07) is 12.5. The molecule has 2 aliphatic carbocycles. The van der Waals surface area contributed by atoms with Crippen LogP contribution in [0, 0.1) is 13.8 Å². The third-order valence-corrected chi connectivity index (χ3v) is 7.15. The Bertz CT molecular complexity index is 2030. The molecule has 0 aliphatic heterocycles. The summed E-state index contributed by atoms with van der Waals surface area (Å²) in [6.45, 7) is 5.07. The minimum absolute atomic E-state index is 0.309. The number of anilines is 5. The van der Waals surface area contributed by atoms with Crippen LogP contribution in [0.5, 0.6) is 0 Å². The summed E-state index contributed by atoms with van der Waals surface area (Å²) >= 11 is 5.66. The fourth-order valence-corrected chi connectivity index (χ4v) is 4.34. The zero-order chi connectivity index (χ0) is 34.8. The van der Waals surface area contributed by atoms with Crippen LogP contribution < -0.4 is 21.7 Å². The number of halogens is 1. The second kappa shape index (κ2) is 16.4. The van der Waals surface area contributed by atoms with Crippen molar-refractivity contribution in [1.29, 1.82) is 0 Å². The lowest BCUT2D eigenvalue weighted by Crippen LogP contribution is -2.07. The van der Waals surface area contributed by atoms with Gasteiger partial charge in [0.15, 0.2) is 0 Å². The number of nitrogens with two attached hydrogens (primary N) is 1. The largest absolute Gasteiger partial charge is 0.481 e. The molecule has 0 radical (unpaired) electrons. The van der Waals surface area contributed by atoms with Crippen LogP contribution in [0.4, 0.5) is 29.0 Å². The molecule has 2 fully saturated rings. The third-order valence-electron chi connectivity index (χ3n) is 6.97. The van der Waals surface area contributed by atoms with Crippen molar-refractivity contribution < 1.29 is 9.90 Å². The molecule has 252 valence electrons. The van der Waals surface area contributed by atoms with Gasteiger partial charge in [-0.2, -0.15) is 4.98 Å². The summed E-state index contributed by atoms with van der Waals surface area (Å²) in [4.78, 5) is 42.7. The van der Waals surface area contributed by atoms with E-state index in [2.05, 4.69) is 55.8 Å². The van der Waals surface area contributed by atoms with Crippen molar-refractivity contribution in [3.63, 3.8) is 0 Å². The molecule has 4 aromatic heterocycles. The minimum atomic E-state index is -0.833. The highest BCUT2D eigenvalue weighted by Gasteiger charge is 2.23. The average molecular weight is 681 g/mol. The van der Waals surface area contributed by atoms with Crippen LogP contribution in [0.3, 0.4) is 0 Å². The number of carbonyl (C=O) groups is 1. The van der Waals surface area contributed by atoms with Crippen LogP contribution in [0.25, 0.3) is 22.1 Å². The lowest BCUT2D eigenvalue weighted by Gasteiger charge is -2.10. The number of rotatable bonds is 6. The van der Waals surface area contributed by atoms with Gasteiger partial charge >= 0.3 is 0 Å². The first-order valence-corrected chi connectivity index (χ1v) is 16.0. The van der Waals surface area contributed by atoms with Crippen LogP contribution in [0.15, 0.2) is 73.6 Å². The highest BCUT2D eigenvalue weighted by Crippen LogP contribution is 2.27. The first-order chi connectivity index (χ1) is 23.6. The second-order valence-electron chi connectivity index (χ2n) is 11.4. The molecule has 0 atom stereocenters. The lowest BCUT2D eigenvalue weighted by molar-refractivity contribution is -0.134. The van der Waals surface area contributed by atoms with E-state index >= 15 is 0 Å². The van der Waals surface area contributed by atoms with Gasteiger partial charge in [0, 0.05) is 78.7 Å². The van der Waals surface area contributed by atoms with Crippen molar-refractivity contribution in [2.45, 2.75) is 58.5 Å². The number of aromatic nitrogens is 8. The van der Waals surface area contributed by atoms with E-state index in [1.54, 1.807) is 31.0 Å². The topological polar surface area (TPSA) is 203 Å². The van der Waals surface area contributed by atoms with Crippen LogP contribution in [0.1, 0.15) is 43.7 Å². The monoisotopic (exact) mass is 680 g/mol. The number of hydrogen-bond acceptors (Lipinski definition) is 13. The highest BCUT2D eigenvalue weighted by atomic mass is 35.5. The van der Waals surface area contributed by atoms with Gasteiger partial charge in [-0.3, -0.25) is 24.7 Å². The maximum Gasteiger partial charge on any atom is 0.300 e. The fourth-order valence-electron chi connectivity index (χ4n) is 4.21. The van der Waals surface area contributed by atoms with Crippen LogP contribution in [0.2, 0.25) is 5.28 Å². The summed E-state index contributed by atoms with van der Waals surface area (Å²) in [6.07, 6.45) is 15.2. The van der Waals surface area contributed by atoms with E-state index in [9.17, 15) is 0 Å². The van der Waals surface area contributed by atoms with Gasteiger partial charge < -0.3 is 26.8 Å². The maximum absolute atomic E-state index is 9.00. The Kier molecular flexibility index (Phi) is 11.6. The van der Waals surface area contributed by atoms with Gasteiger partial charge in [-0.25, -0.2) is 15.0 Å². The molecule has 15 heteroatoms. The van der Waals surface area contributed by atoms with E-state index in [1.807, 2.05) is 56.4 Å². The molecule has 0 unspecified atom stereocenters. The molecule has 0 spiro atoms. The normalized spacial score (nSPS) is 13.1. The van der Waals surface area contributed by atoms with Crippen LogP contribution in [-0.4, -0.2) is 63.0 Å². The molecule has 6 aromatic rings. The summed E-state index contributed by atoms with van der Waals surface area (Å²) in [7, 11) is 0. The van der Waals surface area contributed by atoms with E-state index < -0.39 is 5.97 Å². The predicted molar refractivity (Wildman–Crippen MR) is 192 cm³/mol. The average Bonchev–Trinajstić information content (AvgIpc) is 4.03. The number of aryl methyl sites for hydroxylation is 2. The summed E-state index contributed by atoms with van der Waals surface area (Å²) < 4.78 is 0. The molecule has 8 rings (SSSR count). The molecule has 4 heterocycles. The van der Waals surface area contributed by atoms with Crippen molar-refractivity contribution in [3.05, 3.63) is 90.0 Å². The number of nitrogens with one attached hydrogen (secondary N) is 3. The Hall–Kier alpha value is -5.76. The first kappa shape index (κ1) is 34.6. The summed E-state index contributed by atoms with van der Waals surface area (Å²) in [5.41, 5.74) is 12.7. The number of benzene rings is 2. The van der Waals surface area contributed by atoms with Gasteiger partial charge in [0.1, 0.15) is 11.6 Å². The number of carboxylic acids is 1. The van der Waals surface area contributed by atoms with Gasteiger partial charge in [-0.05, 0) is 87.5 Å². The molecule has 0 bridgehead atoms. The Morgan fingerprint density at radius 2 is 1.22 bits per heavy atom. The van der Waals surface area contributed by atoms with Crippen LogP contribution >= 0.6 is 11.6 Å². The molecule has 0 saturated heterocycles. The molecule has 0 amide bonds. The molecule has 2 aliphatic rings. The Morgan fingerprint density at radius 1 is 0.735 bits per heavy atom. The number of carboxylic acid groups (broad SMARTS) is 1. The second-order valence-corrected chi connectivity index (χ2v) is 11.8. The Labute approximate surface area is 288 Å². The van der Waals surface area contributed by atoms with Gasteiger partial charge in [0.05, 0.1) is 22.1 Å². The van der Waals surface area contributed by atoms with Gasteiger partial charge in [-0.15, -0.1) is 0 Å². The van der Waals surface area contributed by atoms with Crippen molar-refractivity contribution in [1.82, 2.24) is 39.9 Å². The number of aliphatic carboxylic acids is 1. The molecule has 2 saturated carbocycles. The first-order valence-electron chi connectivity index (χ1n) is 15.6. The number of hydrogen-bond donors (Lipinski definition) is 5.